The maximum atomic E-state index is 12.6. The summed E-state index contributed by atoms with van der Waals surface area (Å²) in [6.07, 6.45) is 3.87. The Kier molecular flexibility index (Phi) is 5.75. The van der Waals surface area contributed by atoms with Crippen LogP contribution in [0.5, 0.6) is 0 Å². The second-order valence-electron chi connectivity index (χ2n) is 7.13. The number of nitrogens with two attached hydrogens (primary N) is 1. The standard InChI is InChI=1S/C19H26N4O3/c20-19(26)22-16(12-13-4-2-1-3-5-13)17(24)21-15-8-10-23(11-9-15)18(25)14-6-7-14/h1-5,14-16H,6-12H2,(H,21,24)(H3,20,22,26)/t16-/m0/s1. The van der Waals surface area contributed by atoms with E-state index >= 15 is 0 Å². The molecule has 4 N–H and O–H groups in total. The van der Waals surface area contributed by atoms with Crippen molar-refractivity contribution in [2.24, 2.45) is 11.7 Å². The van der Waals surface area contributed by atoms with E-state index < -0.39 is 12.1 Å². The molecular weight excluding hydrogens is 332 g/mol. The molecule has 7 nitrogen and oxygen atoms in total. The highest BCUT2D eigenvalue weighted by atomic mass is 16.2. The molecule has 1 atom stereocenters. The third-order valence-corrected chi connectivity index (χ3v) is 5.00. The van der Waals surface area contributed by atoms with Crippen molar-refractivity contribution in [1.29, 1.82) is 0 Å². The largest absolute Gasteiger partial charge is 0.352 e. The van der Waals surface area contributed by atoms with Gasteiger partial charge >= 0.3 is 6.03 Å². The first kappa shape index (κ1) is 18.2. The maximum Gasteiger partial charge on any atom is 0.312 e. The molecule has 1 saturated heterocycles. The number of nitrogens with zero attached hydrogens (tertiary/aromatic N) is 1. The topological polar surface area (TPSA) is 105 Å². The number of primary amides is 1. The molecule has 1 aliphatic carbocycles. The molecule has 7 heteroatoms. The molecule has 140 valence electrons. The van der Waals surface area contributed by atoms with Crippen LogP contribution in [0, 0.1) is 5.92 Å². The molecule has 1 heterocycles. The summed E-state index contributed by atoms with van der Waals surface area (Å²) < 4.78 is 0. The highest BCUT2D eigenvalue weighted by Crippen LogP contribution is 2.31. The van der Waals surface area contributed by atoms with Gasteiger partial charge in [0, 0.05) is 31.5 Å². The van der Waals surface area contributed by atoms with Crippen LogP contribution in [0.15, 0.2) is 30.3 Å². The first-order chi connectivity index (χ1) is 12.5. The molecule has 0 aromatic heterocycles. The lowest BCUT2D eigenvalue weighted by atomic mass is 10.0. The third kappa shape index (κ3) is 4.97. The zero-order valence-corrected chi connectivity index (χ0v) is 14.8. The number of amides is 4. The van der Waals surface area contributed by atoms with Gasteiger partial charge in [0.05, 0.1) is 0 Å². The van der Waals surface area contributed by atoms with E-state index in [2.05, 4.69) is 10.6 Å². The molecule has 0 spiro atoms. The zero-order valence-electron chi connectivity index (χ0n) is 14.8. The van der Waals surface area contributed by atoms with E-state index in [0.717, 1.165) is 31.2 Å². The van der Waals surface area contributed by atoms with Crippen molar-refractivity contribution in [3.8, 4) is 0 Å². The minimum atomic E-state index is -0.717. The van der Waals surface area contributed by atoms with Gasteiger partial charge in [-0.15, -0.1) is 0 Å². The van der Waals surface area contributed by atoms with Crippen LogP contribution in [0.1, 0.15) is 31.2 Å². The molecular formula is C19H26N4O3. The first-order valence-corrected chi connectivity index (χ1v) is 9.22. The van der Waals surface area contributed by atoms with Gasteiger partial charge in [-0.05, 0) is 31.2 Å². The van der Waals surface area contributed by atoms with Gasteiger partial charge in [0.2, 0.25) is 11.8 Å². The Bertz CT molecular complexity index is 652. The molecule has 0 unspecified atom stereocenters. The number of nitrogens with one attached hydrogen (secondary N) is 2. The lowest BCUT2D eigenvalue weighted by Gasteiger charge is -2.33. The van der Waals surface area contributed by atoms with Gasteiger partial charge in [-0.3, -0.25) is 9.59 Å². The van der Waals surface area contributed by atoms with Gasteiger partial charge in [-0.25, -0.2) is 4.79 Å². The van der Waals surface area contributed by atoms with Crippen molar-refractivity contribution in [1.82, 2.24) is 15.5 Å². The van der Waals surface area contributed by atoms with Gasteiger partial charge in [0.15, 0.2) is 0 Å². The summed E-state index contributed by atoms with van der Waals surface area (Å²) in [6.45, 7) is 1.35. The van der Waals surface area contributed by atoms with E-state index in [0.29, 0.717) is 19.5 Å². The van der Waals surface area contributed by atoms with Crippen LogP contribution in [-0.2, 0) is 16.0 Å². The number of rotatable bonds is 6. The molecule has 0 radical (unpaired) electrons. The summed E-state index contributed by atoms with van der Waals surface area (Å²) in [5, 5.41) is 5.53. The Morgan fingerprint density at radius 3 is 2.31 bits per heavy atom. The van der Waals surface area contributed by atoms with E-state index in [-0.39, 0.29) is 23.8 Å². The van der Waals surface area contributed by atoms with Crippen molar-refractivity contribution in [3.05, 3.63) is 35.9 Å². The third-order valence-electron chi connectivity index (χ3n) is 5.00. The summed E-state index contributed by atoms with van der Waals surface area (Å²) in [5.41, 5.74) is 6.18. The number of hydrogen-bond donors (Lipinski definition) is 3. The van der Waals surface area contributed by atoms with Crippen molar-refractivity contribution in [2.75, 3.05) is 13.1 Å². The van der Waals surface area contributed by atoms with E-state index in [9.17, 15) is 14.4 Å². The molecule has 2 fully saturated rings. The lowest BCUT2D eigenvalue weighted by molar-refractivity contribution is -0.133. The van der Waals surface area contributed by atoms with Crippen LogP contribution in [-0.4, -0.2) is 47.9 Å². The van der Waals surface area contributed by atoms with Gasteiger partial charge in [-0.2, -0.15) is 0 Å². The molecule has 1 aliphatic heterocycles. The number of carbonyl (C=O) groups excluding carboxylic acids is 3. The van der Waals surface area contributed by atoms with Crippen LogP contribution in [0.25, 0.3) is 0 Å². The van der Waals surface area contributed by atoms with Gasteiger partial charge in [0.25, 0.3) is 0 Å². The Morgan fingerprint density at radius 2 is 1.73 bits per heavy atom. The Morgan fingerprint density at radius 1 is 1.08 bits per heavy atom. The fraction of sp³-hybridized carbons (Fsp3) is 0.526. The Balaban J connectivity index is 1.52. The molecule has 4 amide bonds. The highest BCUT2D eigenvalue weighted by Gasteiger charge is 2.35. The SMILES string of the molecule is NC(=O)N[C@@H](Cc1ccccc1)C(=O)NC1CCN(C(=O)C2CC2)CC1. The summed E-state index contributed by atoms with van der Waals surface area (Å²) in [4.78, 5) is 37.9. The molecule has 1 aromatic rings. The van der Waals surface area contributed by atoms with E-state index in [1.807, 2.05) is 35.2 Å². The second kappa shape index (κ2) is 8.21. The summed E-state index contributed by atoms with van der Waals surface area (Å²) in [6, 6.07) is 8.08. The maximum absolute atomic E-state index is 12.6. The van der Waals surface area contributed by atoms with Crippen LogP contribution in [0.4, 0.5) is 4.79 Å². The van der Waals surface area contributed by atoms with Gasteiger partial charge < -0.3 is 21.3 Å². The van der Waals surface area contributed by atoms with Gasteiger partial charge in [0.1, 0.15) is 6.04 Å². The summed E-state index contributed by atoms with van der Waals surface area (Å²) >= 11 is 0. The molecule has 26 heavy (non-hydrogen) atoms. The summed E-state index contributed by atoms with van der Waals surface area (Å²) in [5.74, 6) is 0.253. The summed E-state index contributed by atoms with van der Waals surface area (Å²) in [7, 11) is 0. The quantitative estimate of drug-likeness (QED) is 0.700. The Labute approximate surface area is 153 Å². The van der Waals surface area contributed by atoms with Crippen molar-refractivity contribution >= 4 is 17.8 Å². The van der Waals surface area contributed by atoms with Crippen LogP contribution >= 0.6 is 0 Å². The molecule has 0 bridgehead atoms. The number of likely N-dealkylation sites (tertiary alicyclic amines) is 1. The molecule has 2 aliphatic rings. The number of piperidine rings is 1. The Hall–Kier alpha value is -2.57. The number of urea groups is 1. The predicted octanol–water partition coefficient (Wildman–Crippen LogP) is 0.783. The van der Waals surface area contributed by atoms with Crippen molar-refractivity contribution in [3.63, 3.8) is 0 Å². The molecule has 1 aromatic carbocycles. The smallest absolute Gasteiger partial charge is 0.312 e. The lowest BCUT2D eigenvalue weighted by Crippen LogP contribution is -2.54. The van der Waals surface area contributed by atoms with Gasteiger partial charge in [-0.1, -0.05) is 30.3 Å². The average molecular weight is 358 g/mol. The fourth-order valence-corrected chi connectivity index (χ4v) is 3.37. The van der Waals surface area contributed by atoms with E-state index in [4.69, 9.17) is 5.73 Å². The molecule has 1 saturated carbocycles. The normalized spacial score (nSPS) is 18.8. The second-order valence-corrected chi connectivity index (χ2v) is 7.13. The van der Waals surface area contributed by atoms with E-state index in [1.165, 1.54) is 0 Å². The molecule has 3 rings (SSSR count). The van der Waals surface area contributed by atoms with Crippen LogP contribution < -0.4 is 16.4 Å². The van der Waals surface area contributed by atoms with Crippen molar-refractivity contribution < 1.29 is 14.4 Å². The number of carbonyl (C=O) groups is 3. The van der Waals surface area contributed by atoms with Crippen molar-refractivity contribution in [2.45, 2.75) is 44.2 Å². The first-order valence-electron chi connectivity index (χ1n) is 9.22. The van der Waals surface area contributed by atoms with Crippen LogP contribution in [0.2, 0.25) is 0 Å². The minimum Gasteiger partial charge on any atom is -0.352 e. The zero-order chi connectivity index (χ0) is 18.5. The number of hydrogen-bond acceptors (Lipinski definition) is 3. The average Bonchev–Trinajstić information content (AvgIpc) is 3.47. The monoisotopic (exact) mass is 358 g/mol. The number of benzene rings is 1. The minimum absolute atomic E-state index is 0.0127. The van der Waals surface area contributed by atoms with E-state index in [1.54, 1.807) is 0 Å². The fourth-order valence-electron chi connectivity index (χ4n) is 3.37. The highest BCUT2D eigenvalue weighted by molar-refractivity contribution is 5.87. The van der Waals surface area contributed by atoms with Crippen LogP contribution in [0.3, 0.4) is 0 Å². The predicted molar refractivity (Wildman–Crippen MR) is 97.1 cm³/mol.